The number of carbonyl (C=O) groups is 1. The predicted molar refractivity (Wildman–Crippen MR) is 60.8 cm³/mol. The Morgan fingerprint density at radius 2 is 2.08 bits per heavy atom. The van der Waals surface area contributed by atoms with Crippen molar-refractivity contribution >= 4 is 28.6 Å². The summed E-state index contributed by atoms with van der Waals surface area (Å²) in [6, 6.07) is 0. The van der Waals surface area contributed by atoms with Crippen molar-refractivity contribution in [3.63, 3.8) is 0 Å². The van der Waals surface area contributed by atoms with Gasteiger partial charge in [0.2, 0.25) is 0 Å². The monoisotopic (exact) mass is 296 g/mol. The van der Waals surface area contributed by atoms with Gasteiger partial charge < -0.3 is 4.74 Å². The SMILES string of the molecule is CCC(I)OC(=O)C1CCCCC1. The van der Waals surface area contributed by atoms with E-state index in [9.17, 15) is 4.79 Å². The van der Waals surface area contributed by atoms with Gasteiger partial charge in [0, 0.05) is 0 Å². The predicted octanol–water partition coefficient (Wildman–Crippen LogP) is 3.28. The van der Waals surface area contributed by atoms with Crippen molar-refractivity contribution in [2.45, 2.75) is 49.6 Å². The minimum Gasteiger partial charge on any atom is -0.451 e. The van der Waals surface area contributed by atoms with Crippen LogP contribution in [0.3, 0.4) is 0 Å². The molecule has 0 amide bonds. The van der Waals surface area contributed by atoms with E-state index in [0.717, 1.165) is 19.3 Å². The summed E-state index contributed by atoms with van der Waals surface area (Å²) in [5.74, 6) is 0.221. The minimum absolute atomic E-state index is 0.0287. The van der Waals surface area contributed by atoms with Crippen molar-refractivity contribution in [1.29, 1.82) is 0 Å². The van der Waals surface area contributed by atoms with Gasteiger partial charge in [-0.25, -0.2) is 0 Å². The summed E-state index contributed by atoms with van der Waals surface area (Å²) in [5.41, 5.74) is 0. The lowest BCUT2D eigenvalue weighted by atomic mass is 9.89. The van der Waals surface area contributed by atoms with Gasteiger partial charge in [-0.05, 0) is 41.9 Å². The number of hydrogen-bond acceptors (Lipinski definition) is 2. The first-order chi connectivity index (χ1) is 6.24. The largest absolute Gasteiger partial charge is 0.451 e. The molecule has 1 aliphatic rings. The summed E-state index contributed by atoms with van der Waals surface area (Å²) in [7, 11) is 0. The Kier molecular flexibility index (Phi) is 5.06. The van der Waals surface area contributed by atoms with Crippen molar-refractivity contribution < 1.29 is 9.53 Å². The molecule has 1 atom stereocenters. The van der Waals surface area contributed by atoms with Gasteiger partial charge >= 0.3 is 5.97 Å². The number of ether oxygens (including phenoxy) is 1. The number of rotatable bonds is 3. The van der Waals surface area contributed by atoms with Gasteiger partial charge in [-0.2, -0.15) is 0 Å². The second kappa shape index (κ2) is 5.83. The maximum Gasteiger partial charge on any atom is 0.309 e. The highest BCUT2D eigenvalue weighted by Gasteiger charge is 2.23. The van der Waals surface area contributed by atoms with Crippen LogP contribution in [0.2, 0.25) is 0 Å². The zero-order valence-electron chi connectivity index (χ0n) is 8.09. The van der Waals surface area contributed by atoms with E-state index >= 15 is 0 Å². The Balaban J connectivity index is 2.29. The number of alkyl halides is 1. The van der Waals surface area contributed by atoms with Gasteiger partial charge in [-0.3, -0.25) is 4.79 Å². The molecule has 0 spiro atoms. The van der Waals surface area contributed by atoms with Crippen LogP contribution in [-0.4, -0.2) is 10.1 Å². The van der Waals surface area contributed by atoms with Crippen molar-refractivity contribution in [2.75, 3.05) is 0 Å². The average molecular weight is 296 g/mol. The fourth-order valence-electron chi connectivity index (χ4n) is 1.64. The molecule has 1 aliphatic carbocycles. The average Bonchev–Trinajstić information content (AvgIpc) is 2.19. The lowest BCUT2D eigenvalue weighted by molar-refractivity contribution is -0.150. The lowest BCUT2D eigenvalue weighted by Crippen LogP contribution is -2.22. The summed E-state index contributed by atoms with van der Waals surface area (Å²) in [6.45, 7) is 2.03. The molecule has 1 unspecified atom stereocenters. The molecule has 0 aromatic carbocycles. The summed E-state index contributed by atoms with van der Waals surface area (Å²) in [6.07, 6.45) is 6.64. The Morgan fingerprint density at radius 1 is 1.46 bits per heavy atom. The molecule has 0 saturated heterocycles. The Hall–Kier alpha value is 0.200. The Labute approximate surface area is 93.6 Å². The molecular weight excluding hydrogens is 279 g/mol. The topological polar surface area (TPSA) is 26.3 Å². The minimum atomic E-state index is 0.0287. The summed E-state index contributed by atoms with van der Waals surface area (Å²) >= 11 is 2.17. The van der Waals surface area contributed by atoms with Gasteiger partial charge in [0.05, 0.1) is 5.92 Å². The fourth-order valence-corrected chi connectivity index (χ4v) is 1.89. The molecule has 0 aromatic heterocycles. The first-order valence-corrected chi connectivity index (χ1v) is 6.33. The summed E-state index contributed by atoms with van der Waals surface area (Å²) in [4.78, 5) is 11.5. The number of halogens is 1. The van der Waals surface area contributed by atoms with Crippen LogP contribution in [-0.2, 0) is 9.53 Å². The van der Waals surface area contributed by atoms with Crippen LogP contribution < -0.4 is 0 Å². The van der Waals surface area contributed by atoms with Crippen LogP contribution in [0.1, 0.15) is 45.4 Å². The molecule has 1 rings (SSSR count). The van der Waals surface area contributed by atoms with Crippen LogP contribution in [0.5, 0.6) is 0 Å². The van der Waals surface area contributed by atoms with E-state index in [4.69, 9.17) is 4.74 Å². The summed E-state index contributed by atoms with van der Waals surface area (Å²) in [5, 5.41) is 0. The Bertz CT molecular complexity index is 164. The van der Waals surface area contributed by atoms with E-state index in [2.05, 4.69) is 22.6 Å². The van der Waals surface area contributed by atoms with E-state index < -0.39 is 0 Å². The van der Waals surface area contributed by atoms with Crippen molar-refractivity contribution in [3.8, 4) is 0 Å². The van der Waals surface area contributed by atoms with Crippen LogP contribution in [0.15, 0.2) is 0 Å². The molecule has 0 radical (unpaired) electrons. The van der Waals surface area contributed by atoms with E-state index in [1.165, 1.54) is 19.3 Å². The number of esters is 1. The molecule has 2 nitrogen and oxygen atoms in total. The molecule has 1 saturated carbocycles. The fraction of sp³-hybridized carbons (Fsp3) is 0.900. The molecule has 1 fully saturated rings. The maximum absolute atomic E-state index is 11.5. The molecule has 3 heteroatoms. The smallest absolute Gasteiger partial charge is 0.309 e. The van der Waals surface area contributed by atoms with Crippen LogP contribution in [0.25, 0.3) is 0 Å². The highest BCUT2D eigenvalue weighted by molar-refractivity contribution is 14.1. The number of hydrogen-bond donors (Lipinski definition) is 0. The zero-order chi connectivity index (χ0) is 9.68. The second-order valence-corrected chi connectivity index (χ2v) is 4.98. The van der Waals surface area contributed by atoms with Crippen molar-refractivity contribution in [3.05, 3.63) is 0 Å². The lowest BCUT2D eigenvalue weighted by Gasteiger charge is -2.21. The van der Waals surface area contributed by atoms with E-state index in [1.807, 2.05) is 6.92 Å². The van der Waals surface area contributed by atoms with Crippen LogP contribution in [0.4, 0.5) is 0 Å². The third kappa shape index (κ3) is 3.83. The second-order valence-electron chi connectivity index (χ2n) is 3.59. The van der Waals surface area contributed by atoms with Crippen molar-refractivity contribution in [2.24, 2.45) is 5.92 Å². The van der Waals surface area contributed by atoms with Crippen molar-refractivity contribution in [1.82, 2.24) is 0 Å². The first kappa shape index (κ1) is 11.3. The molecule has 13 heavy (non-hydrogen) atoms. The van der Waals surface area contributed by atoms with E-state index in [0.29, 0.717) is 0 Å². The number of carbonyl (C=O) groups excluding carboxylic acids is 1. The van der Waals surface area contributed by atoms with Crippen LogP contribution in [0, 0.1) is 5.92 Å². The van der Waals surface area contributed by atoms with Gasteiger partial charge in [-0.15, -0.1) is 0 Å². The maximum atomic E-state index is 11.5. The highest BCUT2D eigenvalue weighted by atomic mass is 127. The molecule has 0 aliphatic heterocycles. The van der Waals surface area contributed by atoms with Gasteiger partial charge in [-0.1, -0.05) is 26.2 Å². The molecule has 0 N–H and O–H groups in total. The molecule has 0 heterocycles. The highest BCUT2D eigenvalue weighted by Crippen LogP contribution is 2.25. The molecular formula is C10H17IO2. The first-order valence-electron chi connectivity index (χ1n) is 5.08. The van der Waals surface area contributed by atoms with Gasteiger partial charge in [0.15, 0.2) is 4.11 Å². The van der Waals surface area contributed by atoms with E-state index in [-0.39, 0.29) is 16.0 Å². The normalized spacial score (nSPS) is 21.1. The van der Waals surface area contributed by atoms with Crippen LogP contribution >= 0.6 is 22.6 Å². The summed E-state index contributed by atoms with van der Waals surface area (Å²) < 4.78 is 5.35. The third-order valence-corrected chi connectivity index (χ3v) is 3.64. The molecule has 0 bridgehead atoms. The van der Waals surface area contributed by atoms with Gasteiger partial charge in [0.1, 0.15) is 0 Å². The quantitative estimate of drug-likeness (QED) is 0.454. The Morgan fingerprint density at radius 3 is 2.62 bits per heavy atom. The third-order valence-electron chi connectivity index (χ3n) is 2.50. The zero-order valence-corrected chi connectivity index (χ0v) is 10.2. The van der Waals surface area contributed by atoms with Gasteiger partial charge in [0.25, 0.3) is 0 Å². The molecule has 0 aromatic rings. The standard InChI is InChI=1S/C10H17IO2/c1-2-9(11)13-10(12)8-6-4-3-5-7-8/h8-9H,2-7H2,1H3. The molecule has 76 valence electrons. The van der Waals surface area contributed by atoms with E-state index in [1.54, 1.807) is 0 Å².